The molecule has 2 heterocycles. The molecule has 0 atom stereocenters. The average Bonchev–Trinajstić information content (AvgIpc) is 3.10. The van der Waals surface area contributed by atoms with Gasteiger partial charge in [0.2, 0.25) is 0 Å². The highest BCUT2D eigenvalue weighted by molar-refractivity contribution is 7.09. The van der Waals surface area contributed by atoms with Crippen LogP contribution in [0.3, 0.4) is 0 Å². The summed E-state index contributed by atoms with van der Waals surface area (Å²) in [5.74, 6) is 2.78. The first kappa shape index (κ1) is 16.7. The Hall–Kier alpha value is -2.18. The smallest absolute Gasteiger partial charge is 0.283 e. The number of likely N-dealkylation sites (N-methyl/N-ethyl adjacent to an activating group) is 1. The number of piperazine rings is 1. The van der Waals surface area contributed by atoms with Gasteiger partial charge in [-0.2, -0.15) is 0 Å². The molecule has 3 rings (SSSR count). The first-order chi connectivity index (χ1) is 11.7. The first-order valence-corrected chi connectivity index (χ1v) is 8.69. The van der Waals surface area contributed by atoms with Gasteiger partial charge < -0.3 is 20.3 Å². The maximum absolute atomic E-state index is 11.3. The van der Waals surface area contributed by atoms with Crippen molar-refractivity contribution in [2.75, 3.05) is 33.2 Å². The largest absolute Gasteiger partial charge is 0.432 e. The predicted octanol–water partition coefficient (Wildman–Crippen LogP) is 1.57. The van der Waals surface area contributed by atoms with Crippen molar-refractivity contribution in [1.29, 1.82) is 0 Å². The zero-order valence-corrected chi connectivity index (χ0v) is 14.4. The summed E-state index contributed by atoms with van der Waals surface area (Å²) < 4.78 is 5.72. The number of ether oxygens (including phenoxy) is 1. The highest BCUT2D eigenvalue weighted by atomic mass is 32.1. The molecule has 24 heavy (non-hydrogen) atoms. The van der Waals surface area contributed by atoms with E-state index in [0.29, 0.717) is 12.3 Å². The summed E-state index contributed by atoms with van der Waals surface area (Å²) in [7, 11) is 2.07. The Morgan fingerprint density at radius 3 is 2.58 bits per heavy atom. The third-order valence-electron chi connectivity index (χ3n) is 3.97. The van der Waals surface area contributed by atoms with Crippen molar-refractivity contribution in [1.82, 2.24) is 14.8 Å². The molecule has 0 unspecified atom stereocenters. The highest BCUT2D eigenvalue weighted by Gasteiger charge is 2.19. The second-order valence-corrected chi connectivity index (χ2v) is 6.60. The summed E-state index contributed by atoms with van der Waals surface area (Å²) in [6, 6.07) is 7.53. The second kappa shape index (κ2) is 7.59. The van der Waals surface area contributed by atoms with Gasteiger partial charge >= 0.3 is 0 Å². The summed E-state index contributed by atoms with van der Waals surface area (Å²) in [6.07, 6.45) is 0. The van der Waals surface area contributed by atoms with Gasteiger partial charge in [-0.05, 0) is 31.3 Å². The number of thiazole rings is 1. The lowest BCUT2D eigenvalue weighted by Crippen LogP contribution is -2.44. The Morgan fingerprint density at radius 1 is 1.29 bits per heavy atom. The quantitative estimate of drug-likeness (QED) is 0.656. The average molecular weight is 344 g/mol. The topological polar surface area (TPSA) is 71.7 Å². The standard InChI is InChI=1S/C17H20N4O2S/c1-20-6-8-21(9-7-20)17(11-22)23-14-4-2-13(3-5-14)15-12-24-16(10-18)19-15/h2-5,12H,6-10,18H2,1H3. The van der Waals surface area contributed by atoms with E-state index >= 15 is 0 Å². The van der Waals surface area contributed by atoms with E-state index in [1.807, 2.05) is 40.5 Å². The zero-order chi connectivity index (χ0) is 16.9. The number of carbonyl (C=O) groups excluding carboxylic acids is 1. The number of hydrogen-bond acceptors (Lipinski definition) is 7. The van der Waals surface area contributed by atoms with Crippen LogP contribution in [0.5, 0.6) is 5.75 Å². The summed E-state index contributed by atoms with van der Waals surface area (Å²) in [5.41, 5.74) is 7.49. The van der Waals surface area contributed by atoms with Crippen LogP contribution in [0.25, 0.3) is 11.3 Å². The summed E-state index contributed by atoms with van der Waals surface area (Å²) >= 11 is 1.55. The van der Waals surface area contributed by atoms with Crippen molar-refractivity contribution in [3.8, 4) is 17.0 Å². The summed E-state index contributed by atoms with van der Waals surface area (Å²) in [4.78, 5) is 19.9. The molecule has 1 aromatic heterocycles. The SMILES string of the molecule is CN1CCN(C(=C=O)Oc2ccc(-c3csc(CN)n3)cc2)CC1. The minimum Gasteiger partial charge on any atom is -0.432 e. The van der Waals surface area contributed by atoms with Crippen LogP contribution < -0.4 is 10.5 Å². The van der Waals surface area contributed by atoms with Gasteiger partial charge in [0.1, 0.15) is 10.8 Å². The van der Waals surface area contributed by atoms with E-state index in [1.54, 1.807) is 11.3 Å². The third kappa shape index (κ3) is 3.83. The number of hydrogen-bond donors (Lipinski definition) is 1. The van der Waals surface area contributed by atoms with Gasteiger partial charge in [-0.15, -0.1) is 11.3 Å². The molecule has 2 aromatic rings. The van der Waals surface area contributed by atoms with Crippen LogP contribution in [0.2, 0.25) is 0 Å². The normalized spacial score (nSPS) is 15.2. The highest BCUT2D eigenvalue weighted by Crippen LogP contribution is 2.25. The van der Waals surface area contributed by atoms with E-state index in [4.69, 9.17) is 10.5 Å². The Morgan fingerprint density at radius 2 is 2.00 bits per heavy atom. The number of nitrogens with two attached hydrogens (primary N) is 1. The van der Waals surface area contributed by atoms with E-state index in [-0.39, 0.29) is 5.88 Å². The van der Waals surface area contributed by atoms with Crippen LogP contribution in [-0.2, 0) is 11.3 Å². The maximum atomic E-state index is 11.3. The molecule has 126 valence electrons. The maximum Gasteiger partial charge on any atom is 0.283 e. The molecule has 0 saturated carbocycles. The minimum atomic E-state index is 0.245. The van der Waals surface area contributed by atoms with Gasteiger partial charge in [-0.1, -0.05) is 0 Å². The van der Waals surface area contributed by atoms with Crippen LogP contribution in [0.4, 0.5) is 0 Å². The van der Waals surface area contributed by atoms with Crippen LogP contribution in [-0.4, -0.2) is 54.0 Å². The van der Waals surface area contributed by atoms with Gasteiger partial charge in [0.05, 0.1) is 5.69 Å². The van der Waals surface area contributed by atoms with E-state index in [9.17, 15) is 4.79 Å². The number of nitrogens with zero attached hydrogens (tertiary/aromatic N) is 3. The molecule has 1 saturated heterocycles. The van der Waals surface area contributed by atoms with Crippen LogP contribution >= 0.6 is 11.3 Å². The fraction of sp³-hybridized carbons (Fsp3) is 0.353. The fourth-order valence-corrected chi connectivity index (χ4v) is 3.19. The molecule has 0 aliphatic carbocycles. The molecular weight excluding hydrogens is 324 g/mol. The summed E-state index contributed by atoms with van der Waals surface area (Å²) in [6.45, 7) is 3.78. The van der Waals surface area contributed by atoms with Crippen LogP contribution in [0, 0.1) is 0 Å². The van der Waals surface area contributed by atoms with Gasteiger partial charge in [-0.3, -0.25) is 0 Å². The monoisotopic (exact) mass is 344 g/mol. The van der Waals surface area contributed by atoms with Gasteiger partial charge in [0, 0.05) is 43.7 Å². The summed E-state index contributed by atoms with van der Waals surface area (Å²) in [5, 5.41) is 2.89. The minimum absolute atomic E-state index is 0.245. The molecule has 1 aliphatic rings. The van der Waals surface area contributed by atoms with Gasteiger partial charge in [0.25, 0.3) is 5.88 Å². The molecule has 2 N–H and O–H groups in total. The van der Waals surface area contributed by atoms with Crippen LogP contribution in [0.15, 0.2) is 35.5 Å². The zero-order valence-electron chi connectivity index (χ0n) is 13.6. The Labute approximate surface area is 145 Å². The second-order valence-electron chi connectivity index (χ2n) is 5.65. The molecule has 1 fully saturated rings. The molecule has 1 aliphatic heterocycles. The van der Waals surface area contributed by atoms with Crippen molar-refractivity contribution >= 4 is 17.3 Å². The van der Waals surface area contributed by atoms with Gasteiger partial charge in [-0.25, -0.2) is 9.78 Å². The van der Waals surface area contributed by atoms with E-state index in [2.05, 4.69) is 16.9 Å². The third-order valence-corrected chi connectivity index (χ3v) is 4.84. The van der Waals surface area contributed by atoms with Crippen molar-refractivity contribution < 1.29 is 9.53 Å². The number of rotatable bonds is 5. The van der Waals surface area contributed by atoms with Crippen molar-refractivity contribution in [2.45, 2.75) is 6.54 Å². The number of aromatic nitrogens is 1. The van der Waals surface area contributed by atoms with Crippen molar-refractivity contribution in [2.24, 2.45) is 5.73 Å². The van der Waals surface area contributed by atoms with Crippen molar-refractivity contribution in [3.63, 3.8) is 0 Å². The predicted molar refractivity (Wildman–Crippen MR) is 94.3 cm³/mol. The molecule has 1 aromatic carbocycles. The Balaban J connectivity index is 1.68. The lowest BCUT2D eigenvalue weighted by atomic mass is 10.2. The molecule has 0 spiro atoms. The molecular formula is C17H20N4O2S. The van der Waals surface area contributed by atoms with Gasteiger partial charge in [0.15, 0.2) is 5.94 Å². The fourth-order valence-electron chi connectivity index (χ4n) is 2.50. The van der Waals surface area contributed by atoms with E-state index in [1.165, 1.54) is 0 Å². The number of benzene rings is 1. The van der Waals surface area contributed by atoms with Crippen LogP contribution in [0.1, 0.15) is 5.01 Å². The lowest BCUT2D eigenvalue weighted by Gasteiger charge is -2.33. The van der Waals surface area contributed by atoms with E-state index < -0.39 is 0 Å². The Kier molecular flexibility index (Phi) is 5.27. The molecule has 6 nitrogen and oxygen atoms in total. The molecule has 0 radical (unpaired) electrons. The Bertz CT molecular complexity index is 729. The molecule has 7 heteroatoms. The molecule has 0 amide bonds. The lowest BCUT2D eigenvalue weighted by molar-refractivity contribution is 0.139. The molecule has 0 bridgehead atoms. The first-order valence-electron chi connectivity index (χ1n) is 7.81. The van der Waals surface area contributed by atoms with Crippen molar-refractivity contribution in [3.05, 3.63) is 40.5 Å². The van der Waals surface area contributed by atoms with E-state index in [0.717, 1.165) is 42.4 Å².